The van der Waals surface area contributed by atoms with Gasteiger partial charge in [-0.2, -0.15) is 0 Å². The van der Waals surface area contributed by atoms with Gasteiger partial charge in [-0.05, 0) is 24.1 Å². The molecule has 0 aliphatic carbocycles. The Bertz CT molecular complexity index is 293. The van der Waals surface area contributed by atoms with Crippen molar-refractivity contribution in [1.82, 2.24) is 0 Å². The van der Waals surface area contributed by atoms with Gasteiger partial charge in [-0.3, -0.25) is 0 Å². The third-order valence-electron chi connectivity index (χ3n) is 2.23. The van der Waals surface area contributed by atoms with Crippen LogP contribution in [-0.4, -0.2) is 13.2 Å². The van der Waals surface area contributed by atoms with Gasteiger partial charge in [-0.15, -0.1) is 0 Å². The predicted molar refractivity (Wildman–Crippen MR) is 67.4 cm³/mol. The van der Waals surface area contributed by atoms with Gasteiger partial charge in [0.25, 0.3) is 0 Å². The maximum Gasteiger partial charge on any atom is 0.127 e. The predicted octanol–water partition coefficient (Wildman–Crippen LogP) is 4.30. The molecule has 0 bridgehead atoms. The van der Waals surface area contributed by atoms with Crippen LogP contribution >= 0.6 is 0 Å². The average Bonchev–Trinajstić information content (AvgIpc) is 2.25. The maximum absolute atomic E-state index is 13.3. The summed E-state index contributed by atoms with van der Waals surface area (Å²) < 4.78 is 18.3. The Hall–Kier alpha value is -0.890. The van der Waals surface area contributed by atoms with Crippen molar-refractivity contribution in [2.75, 3.05) is 13.2 Å². The molecule has 0 aromatic heterocycles. The van der Waals surface area contributed by atoms with Crippen LogP contribution in [0, 0.1) is 12.7 Å². The molecule has 92 valence electrons. The average molecular weight is 226 g/mol. The van der Waals surface area contributed by atoms with Crippen LogP contribution in [0.2, 0.25) is 0 Å². The van der Waals surface area contributed by atoms with E-state index in [1.807, 2.05) is 46.8 Å². The van der Waals surface area contributed by atoms with Crippen LogP contribution in [0.1, 0.15) is 44.7 Å². The first-order chi connectivity index (χ1) is 7.77. The van der Waals surface area contributed by atoms with Crippen molar-refractivity contribution < 1.29 is 9.13 Å². The van der Waals surface area contributed by atoms with Crippen LogP contribution in [0.5, 0.6) is 0 Å². The Morgan fingerprint density at radius 2 is 1.69 bits per heavy atom. The molecule has 16 heavy (non-hydrogen) atoms. The molecule has 0 saturated carbocycles. The Morgan fingerprint density at radius 1 is 1.12 bits per heavy atom. The number of ether oxygens (including phenoxy) is 1. The van der Waals surface area contributed by atoms with E-state index in [0.717, 1.165) is 11.1 Å². The van der Waals surface area contributed by atoms with Crippen molar-refractivity contribution in [3.8, 4) is 0 Å². The Balaban J connectivity index is 0.000000509. The van der Waals surface area contributed by atoms with Gasteiger partial charge in [-0.25, -0.2) is 4.39 Å². The smallest absolute Gasteiger partial charge is 0.127 e. The molecular formula is C14H23FO. The second kappa shape index (κ2) is 8.28. The zero-order valence-electron chi connectivity index (χ0n) is 11.0. The topological polar surface area (TPSA) is 9.23 Å². The van der Waals surface area contributed by atoms with Gasteiger partial charge in [0.15, 0.2) is 0 Å². The van der Waals surface area contributed by atoms with Crippen molar-refractivity contribution in [2.24, 2.45) is 0 Å². The number of hydrogen-bond donors (Lipinski definition) is 0. The number of hydrogen-bond acceptors (Lipinski definition) is 1. The summed E-state index contributed by atoms with van der Waals surface area (Å²) in [6.45, 7) is 11.2. The fraction of sp³-hybridized carbons (Fsp3) is 0.571. The van der Waals surface area contributed by atoms with E-state index in [1.165, 1.54) is 0 Å². The number of halogens is 1. The third kappa shape index (κ3) is 3.93. The normalized spacial score (nSPS) is 13.9. The number of aryl methyl sites for hydroxylation is 1. The summed E-state index contributed by atoms with van der Waals surface area (Å²) in [4.78, 5) is 0. The lowest BCUT2D eigenvalue weighted by Gasteiger charge is -2.26. The van der Waals surface area contributed by atoms with Crippen molar-refractivity contribution in [1.29, 1.82) is 0 Å². The van der Waals surface area contributed by atoms with E-state index in [0.29, 0.717) is 13.2 Å². The van der Waals surface area contributed by atoms with Gasteiger partial charge < -0.3 is 4.74 Å². The summed E-state index contributed by atoms with van der Waals surface area (Å²) in [6.07, 6.45) is 0. The van der Waals surface area contributed by atoms with E-state index >= 15 is 0 Å². The molecule has 1 saturated heterocycles. The maximum atomic E-state index is 13.3. The minimum absolute atomic E-state index is 0.0942. The van der Waals surface area contributed by atoms with Crippen LogP contribution < -0.4 is 0 Å². The second-order valence-electron chi connectivity index (χ2n) is 3.26. The molecule has 1 heterocycles. The van der Waals surface area contributed by atoms with Gasteiger partial charge in [-0.1, -0.05) is 39.8 Å². The van der Waals surface area contributed by atoms with E-state index in [2.05, 4.69) is 0 Å². The van der Waals surface area contributed by atoms with Crippen LogP contribution in [0.15, 0.2) is 18.2 Å². The molecule has 0 atom stereocenters. The highest BCUT2D eigenvalue weighted by molar-refractivity contribution is 5.27. The molecule has 0 N–H and O–H groups in total. The molecule has 1 aromatic rings. The minimum Gasteiger partial charge on any atom is -0.380 e. The molecule has 0 radical (unpaired) electrons. The molecule has 1 fully saturated rings. The van der Waals surface area contributed by atoms with Gasteiger partial charge in [0.2, 0.25) is 0 Å². The lowest BCUT2D eigenvalue weighted by molar-refractivity contribution is 0.00702. The van der Waals surface area contributed by atoms with Crippen LogP contribution in [0.4, 0.5) is 4.39 Å². The quantitative estimate of drug-likeness (QED) is 0.693. The van der Waals surface area contributed by atoms with Crippen LogP contribution in [-0.2, 0) is 4.74 Å². The number of benzene rings is 1. The van der Waals surface area contributed by atoms with E-state index in [4.69, 9.17) is 4.74 Å². The van der Waals surface area contributed by atoms with Crippen molar-refractivity contribution in [3.05, 3.63) is 35.1 Å². The molecule has 2 heteroatoms. The van der Waals surface area contributed by atoms with E-state index < -0.39 is 0 Å². The molecule has 1 aromatic carbocycles. The largest absolute Gasteiger partial charge is 0.380 e. The summed E-state index contributed by atoms with van der Waals surface area (Å²) in [6, 6.07) is 5.38. The lowest BCUT2D eigenvalue weighted by Crippen LogP contribution is -2.25. The lowest BCUT2D eigenvalue weighted by atomic mass is 9.96. The molecule has 2 rings (SSSR count). The zero-order valence-corrected chi connectivity index (χ0v) is 11.0. The van der Waals surface area contributed by atoms with Gasteiger partial charge in [0.05, 0.1) is 13.2 Å². The van der Waals surface area contributed by atoms with Gasteiger partial charge in [0.1, 0.15) is 5.82 Å². The fourth-order valence-electron chi connectivity index (χ4n) is 1.38. The highest BCUT2D eigenvalue weighted by Gasteiger charge is 2.23. The molecule has 0 unspecified atom stereocenters. The molecule has 1 aliphatic heterocycles. The number of rotatable bonds is 1. The SMILES string of the molecule is CC.CC.Cc1ccc(C2COC2)c(F)c1. The van der Waals surface area contributed by atoms with Gasteiger partial charge in [0, 0.05) is 5.92 Å². The van der Waals surface area contributed by atoms with Gasteiger partial charge >= 0.3 is 0 Å². The standard InChI is InChI=1S/C10H11FO.2C2H6/c1-7-2-3-9(10(11)4-7)8-5-12-6-8;2*1-2/h2-4,8H,5-6H2,1H3;2*1-2H3. The fourth-order valence-corrected chi connectivity index (χ4v) is 1.38. The summed E-state index contributed by atoms with van der Waals surface area (Å²) >= 11 is 0. The zero-order chi connectivity index (χ0) is 12.6. The highest BCUT2D eigenvalue weighted by atomic mass is 19.1. The van der Waals surface area contributed by atoms with E-state index in [1.54, 1.807) is 6.07 Å². The third-order valence-corrected chi connectivity index (χ3v) is 2.23. The van der Waals surface area contributed by atoms with Crippen LogP contribution in [0.3, 0.4) is 0 Å². The first-order valence-corrected chi connectivity index (χ1v) is 6.11. The van der Waals surface area contributed by atoms with Crippen LogP contribution in [0.25, 0.3) is 0 Å². The molecular weight excluding hydrogens is 203 g/mol. The summed E-state index contributed by atoms with van der Waals surface area (Å²) in [5.74, 6) is 0.189. The van der Waals surface area contributed by atoms with Crippen molar-refractivity contribution in [3.63, 3.8) is 0 Å². The summed E-state index contributed by atoms with van der Waals surface area (Å²) in [5, 5.41) is 0. The summed E-state index contributed by atoms with van der Waals surface area (Å²) in [5.41, 5.74) is 1.77. The Kier molecular flexibility index (Phi) is 7.82. The first-order valence-electron chi connectivity index (χ1n) is 6.11. The highest BCUT2D eigenvalue weighted by Crippen LogP contribution is 2.26. The monoisotopic (exact) mass is 226 g/mol. The first kappa shape index (κ1) is 15.1. The Labute approximate surface area is 98.6 Å². The molecule has 1 aliphatic rings. The van der Waals surface area contributed by atoms with Crippen molar-refractivity contribution in [2.45, 2.75) is 40.5 Å². The van der Waals surface area contributed by atoms with E-state index in [9.17, 15) is 4.39 Å². The summed E-state index contributed by atoms with van der Waals surface area (Å²) in [7, 11) is 0. The second-order valence-corrected chi connectivity index (χ2v) is 3.26. The molecule has 0 amide bonds. The Morgan fingerprint density at radius 3 is 2.06 bits per heavy atom. The molecule has 0 spiro atoms. The van der Waals surface area contributed by atoms with Crippen molar-refractivity contribution >= 4 is 0 Å². The van der Waals surface area contributed by atoms with E-state index in [-0.39, 0.29) is 11.7 Å². The molecule has 1 nitrogen and oxygen atoms in total. The minimum atomic E-state index is -0.0942.